The summed E-state index contributed by atoms with van der Waals surface area (Å²) in [5.74, 6) is -0.941. The molecule has 2 aliphatic carbocycles. The van der Waals surface area contributed by atoms with Crippen LogP contribution in [0.3, 0.4) is 0 Å². The highest BCUT2D eigenvalue weighted by atomic mass is 16.5. The molecular weight excluding hydrogens is 344 g/mol. The number of benzene rings is 1. The first-order chi connectivity index (χ1) is 13.1. The lowest BCUT2D eigenvalue weighted by Crippen LogP contribution is -2.39. The summed E-state index contributed by atoms with van der Waals surface area (Å²) in [6, 6.07) is 10.2. The number of carbonyl (C=O) groups excluding carboxylic acids is 2. The van der Waals surface area contributed by atoms with Crippen LogP contribution in [0.4, 0.5) is 0 Å². The minimum atomic E-state index is -1.29. The van der Waals surface area contributed by atoms with E-state index in [4.69, 9.17) is 14.2 Å². The van der Waals surface area contributed by atoms with E-state index in [-0.39, 0.29) is 5.92 Å². The van der Waals surface area contributed by atoms with E-state index in [1.54, 1.807) is 0 Å². The van der Waals surface area contributed by atoms with Gasteiger partial charge in [0.15, 0.2) is 5.41 Å². The third-order valence-electron chi connectivity index (χ3n) is 5.51. The van der Waals surface area contributed by atoms with E-state index < -0.39 is 17.4 Å². The summed E-state index contributed by atoms with van der Waals surface area (Å²) in [6.45, 7) is 3.17. The monoisotopic (exact) mass is 370 g/mol. The molecule has 144 valence electrons. The predicted molar refractivity (Wildman–Crippen MR) is 101 cm³/mol. The minimum absolute atomic E-state index is 0.123. The molecular formula is C22H26O5. The van der Waals surface area contributed by atoms with Crippen LogP contribution in [-0.2, 0) is 23.8 Å². The number of methoxy groups -OCH3 is 2. The first-order valence-corrected chi connectivity index (χ1v) is 9.26. The van der Waals surface area contributed by atoms with E-state index >= 15 is 0 Å². The van der Waals surface area contributed by atoms with Crippen molar-refractivity contribution < 1.29 is 23.8 Å². The van der Waals surface area contributed by atoms with Crippen molar-refractivity contribution in [3.8, 4) is 0 Å². The van der Waals surface area contributed by atoms with Gasteiger partial charge in [-0.2, -0.15) is 0 Å². The van der Waals surface area contributed by atoms with Gasteiger partial charge in [-0.3, -0.25) is 9.59 Å². The van der Waals surface area contributed by atoms with Gasteiger partial charge in [-0.05, 0) is 42.9 Å². The lowest BCUT2D eigenvalue weighted by molar-refractivity contribution is -0.168. The molecule has 5 nitrogen and oxygen atoms in total. The lowest BCUT2D eigenvalue weighted by Gasteiger charge is -2.27. The highest BCUT2D eigenvalue weighted by molar-refractivity contribution is 6.01. The standard InChI is InChI=1S/C22H26O5/c1-4-27-14-15-10-17-12-22(20(23)25-2,21(24)26-3)13-19(17)18(11-15)16-8-6-5-7-9-16/h5-10,18H,4,11-14H2,1-3H3/t18-/m0/s1. The zero-order valence-corrected chi connectivity index (χ0v) is 16.1. The normalized spacial score (nSPS) is 20.7. The van der Waals surface area contributed by atoms with Crippen LogP contribution < -0.4 is 0 Å². The van der Waals surface area contributed by atoms with Gasteiger partial charge in [0.25, 0.3) is 0 Å². The van der Waals surface area contributed by atoms with Crippen molar-refractivity contribution in [2.45, 2.75) is 32.1 Å². The number of hydrogen-bond acceptors (Lipinski definition) is 5. The maximum Gasteiger partial charge on any atom is 0.323 e. The van der Waals surface area contributed by atoms with E-state index in [1.807, 2.05) is 25.1 Å². The van der Waals surface area contributed by atoms with E-state index in [1.165, 1.54) is 25.4 Å². The minimum Gasteiger partial charge on any atom is -0.468 e. The summed E-state index contributed by atoms with van der Waals surface area (Å²) in [6.07, 6.45) is 3.56. The third kappa shape index (κ3) is 3.56. The predicted octanol–water partition coefficient (Wildman–Crippen LogP) is 3.56. The molecule has 0 N–H and O–H groups in total. The van der Waals surface area contributed by atoms with Gasteiger partial charge in [0.1, 0.15) is 0 Å². The second-order valence-electron chi connectivity index (χ2n) is 7.08. The first kappa shape index (κ1) is 19.4. The molecule has 0 amide bonds. The van der Waals surface area contributed by atoms with Crippen LogP contribution in [0.15, 0.2) is 53.1 Å². The Labute approximate surface area is 160 Å². The average Bonchev–Trinajstić information content (AvgIpc) is 3.11. The Hall–Kier alpha value is -2.40. The van der Waals surface area contributed by atoms with Gasteiger partial charge in [0.2, 0.25) is 0 Å². The van der Waals surface area contributed by atoms with Crippen LogP contribution in [0, 0.1) is 5.41 Å². The average molecular weight is 370 g/mol. The van der Waals surface area contributed by atoms with Crippen LogP contribution in [0.25, 0.3) is 0 Å². The molecule has 1 atom stereocenters. The van der Waals surface area contributed by atoms with Gasteiger partial charge < -0.3 is 14.2 Å². The summed E-state index contributed by atoms with van der Waals surface area (Å²) >= 11 is 0. The van der Waals surface area contributed by atoms with Crippen molar-refractivity contribution in [1.82, 2.24) is 0 Å². The zero-order valence-electron chi connectivity index (χ0n) is 16.1. The Kier molecular flexibility index (Phi) is 5.80. The van der Waals surface area contributed by atoms with Crippen LogP contribution in [0.5, 0.6) is 0 Å². The van der Waals surface area contributed by atoms with E-state index in [0.29, 0.717) is 26.1 Å². The zero-order chi connectivity index (χ0) is 19.4. The summed E-state index contributed by atoms with van der Waals surface area (Å²) in [5.41, 5.74) is 3.21. The maximum absolute atomic E-state index is 12.6. The quantitative estimate of drug-likeness (QED) is 0.566. The van der Waals surface area contributed by atoms with Gasteiger partial charge in [0.05, 0.1) is 20.8 Å². The van der Waals surface area contributed by atoms with Gasteiger partial charge >= 0.3 is 11.9 Å². The molecule has 0 radical (unpaired) electrons. The van der Waals surface area contributed by atoms with Gasteiger partial charge in [-0.25, -0.2) is 0 Å². The fraction of sp³-hybridized carbons (Fsp3) is 0.455. The largest absolute Gasteiger partial charge is 0.468 e. The number of esters is 2. The Morgan fingerprint density at radius 2 is 1.74 bits per heavy atom. The highest BCUT2D eigenvalue weighted by Crippen LogP contribution is 2.52. The van der Waals surface area contributed by atoms with Crippen molar-refractivity contribution in [1.29, 1.82) is 0 Å². The molecule has 0 heterocycles. The molecule has 0 fully saturated rings. The van der Waals surface area contributed by atoms with Crippen molar-refractivity contribution >= 4 is 11.9 Å². The summed E-state index contributed by atoms with van der Waals surface area (Å²) in [4.78, 5) is 25.2. The van der Waals surface area contributed by atoms with Crippen LogP contribution in [-0.4, -0.2) is 39.4 Å². The smallest absolute Gasteiger partial charge is 0.323 e. The number of rotatable bonds is 6. The second-order valence-corrected chi connectivity index (χ2v) is 7.08. The number of allylic oxidation sites excluding steroid dienone is 3. The topological polar surface area (TPSA) is 61.8 Å². The van der Waals surface area contributed by atoms with Crippen molar-refractivity contribution in [3.05, 3.63) is 58.7 Å². The Morgan fingerprint density at radius 1 is 1.07 bits per heavy atom. The molecule has 0 unspecified atom stereocenters. The summed E-state index contributed by atoms with van der Waals surface area (Å²) in [5, 5.41) is 0. The van der Waals surface area contributed by atoms with Crippen molar-refractivity contribution in [3.63, 3.8) is 0 Å². The molecule has 2 aliphatic rings. The summed E-state index contributed by atoms with van der Waals surface area (Å²) in [7, 11) is 2.63. The van der Waals surface area contributed by atoms with Crippen molar-refractivity contribution in [2.75, 3.05) is 27.4 Å². The van der Waals surface area contributed by atoms with Crippen LogP contribution >= 0.6 is 0 Å². The van der Waals surface area contributed by atoms with Gasteiger partial charge in [-0.1, -0.05) is 42.0 Å². The first-order valence-electron chi connectivity index (χ1n) is 9.26. The van der Waals surface area contributed by atoms with Crippen LogP contribution in [0.1, 0.15) is 37.7 Å². The van der Waals surface area contributed by atoms with Crippen molar-refractivity contribution in [2.24, 2.45) is 5.41 Å². The Bertz CT molecular complexity index is 759. The maximum atomic E-state index is 12.6. The number of hydrogen-bond donors (Lipinski definition) is 0. The fourth-order valence-corrected chi connectivity index (χ4v) is 4.22. The van der Waals surface area contributed by atoms with Crippen LogP contribution in [0.2, 0.25) is 0 Å². The van der Waals surface area contributed by atoms with Gasteiger partial charge in [-0.15, -0.1) is 0 Å². The lowest BCUT2D eigenvalue weighted by atomic mass is 9.78. The molecule has 3 rings (SSSR count). The molecule has 1 aromatic rings. The number of ether oxygens (including phenoxy) is 3. The molecule has 0 saturated carbocycles. The molecule has 1 aromatic carbocycles. The Morgan fingerprint density at radius 3 is 2.33 bits per heavy atom. The third-order valence-corrected chi connectivity index (χ3v) is 5.51. The fourth-order valence-electron chi connectivity index (χ4n) is 4.22. The van der Waals surface area contributed by atoms with E-state index in [9.17, 15) is 9.59 Å². The molecule has 5 heteroatoms. The molecule has 0 bridgehead atoms. The second kappa shape index (κ2) is 8.09. The molecule has 0 aromatic heterocycles. The Balaban J connectivity index is 2.01. The summed E-state index contributed by atoms with van der Waals surface area (Å²) < 4.78 is 15.6. The highest BCUT2D eigenvalue weighted by Gasteiger charge is 2.54. The molecule has 27 heavy (non-hydrogen) atoms. The van der Waals surface area contributed by atoms with E-state index in [0.717, 1.165) is 17.6 Å². The SMILES string of the molecule is CCOCC1=CC2=C(CC(C(=O)OC)(C(=O)OC)C2)[C@H](c2ccccc2)C1. The molecule has 0 spiro atoms. The molecule has 0 saturated heterocycles. The van der Waals surface area contributed by atoms with Gasteiger partial charge in [0, 0.05) is 12.5 Å². The van der Waals surface area contributed by atoms with E-state index in [2.05, 4.69) is 18.2 Å². The molecule has 0 aliphatic heterocycles. The number of carbonyl (C=O) groups is 2.